The van der Waals surface area contributed by atoms with Crippen molar-refractivity contribution in [1.29, 1.82) is 0 Å². The number of amides is 1. The van der Waals surface area contributed by atoms with Crippen LogP contribution < -0.4 is 16.4 Å². The van der Waals surface area contributed by atoms with Crippen molar-refractivity contribution in [2.75, 3.05) is 36.0 Å². The maximum Gasteiger partial charge on any atom is 0.255 e. The first-order valence-corrected chi connectivity index (χ1v) is 9.55. The summed E-state index contributed by atoms with van der Waals surface area (Å²) in [5.41, 5.74) is 9.07. The third kappa shape index (κ3) is 8.23. The van der Waals surface area contributed by atoms with E-state index in [0.717, 1.165) is 31.7 Å². The number of carbonyl (C=O) groups is 1. The Balaban J connectivity index is 0.00000280. The molecule has 0 aliphatic carbocycles. The summed E-state index contributed by atoms with van der Waals surface area (Å²) in [6.45, 7) is 10.1. The van der Waals surface area contributed by atoms with Crippen molar-refractivity contribution in [2.24, 2.45) is 5.41 Å². The van der Waals surface area contributed by atoms with E-state index in [1.807, 2.05) is 36.4 Å². The van der Waals surface area contributed by atoms with E-state index in [1.165, 1.54) is 0 Å². The molecule has 0 aromatic heterocycles. The number of para-hydroxylation sites is 2. The minimum absolute atomic E-state index is 0. The molecule has 8 heteroatoms. The predicted octanol–water partition coefficient (Wildman–Crippen LogP) is 5.32. The molecule has 0 radical (unpaired) electrons. The van der Waals surface area contributed by atoms with E-state index in [-0.39, 0.29) is 43.1 Å². The third-order valence-electron chi connectivity index (χ3n) is 4.70. The molecular weight excluding hydrogens is 443 g/mol. The zero-order valence-corrected chi connectivity index (χ0v) is 20.1. The van der Waals surface area contributed by atoms with E-state index < -0.39 is 0 Å². The second-order valence-electron chi connectivity index (χ2n) is 8.54. The summed E-state index contributed by atoms with van der Waals surface area (Å²) in [5.74, 6) is -0.156. The zero-order valence-electron chi connectivity index (χ0n) is 17.7. The van der Waals surface area contributed by atoms with Crippen LogP contribution in [0, 0.1) is 5.41 Å². The molecule has 0 spiro atoms. The van der Waals surface area contributed by atoms with Crippen molar-refractivity contribution in [1.82, 2.24) is 4.90 Å². The van der Waals surface area contributed by atoms with Crippen molar-refractivity contribution in [3.8, 4) is 0 Å². The largest absolute Gasteiger partial charge is 0.397 e. The van der Waals surface area contributed by atoms with E-state index in [2.05, 4.69) is 36.3 Å². The van der Waals surface area contributed by atoms with Gasteiger partial charge in [0.1, 0.15) is 0 Å². The second kappa shape index (κ2) is 12.3. The number of nitrogens with zero attached hydrogens (tertiary/aromatic N) is 1. The lowest BCUT2D eigenvalue weighted by molar-refractivity contribution is 0.102. The first kappa shape index (κ1) is 28.3. The minimum atomic E-state index is -0.156. The monoisotopic (exact) mass is 474 g/mol. The molecule has 1 saturated heterocycles. The standard InChI is InChI=1S/C22H30N4O.3ClH/c1-22(2,3)15-26-13-12-18(14-26)24-17-10-8-16(9-11-17)21(27)25-20-7-5-4-6-19(20)23;;;/h4-11,18,24H,12-15,23H2,1-3H3,(H,25,27);3*1H/t18-;;;/m0.../s1. The molecule has 3 rings (SSSR count). The van der Waals surface area contributed by atoms with Gasteiger partial charge in [-0.25, -0.2) is 0 Å². The SMILES string of the molecule is CC(C)(C)CN1CC[C@H](Nc2ccc(C(=O)Nc3ccccc3N)cc2)C1.Cl.Cl.Cl. The van der Waals surface area contributed by atoms with Crippen molar-refractivity contribution in [3.05, 3.63) is 54.1 Å². The molecule has 1 amide bonds. The normalized spacial score (nSPS) is 15.9. The number of likely N-dealkylation sites (tertiary alicyclic amines) is 1. The van der Waals surface area contributed by atoms with Crippen LogP contribution in [0.5, 0.6) is 0 Å². The van der Waals surface area contributed by atoms with Crippen LogP contribution in [-0.4, -0.2) is 36.5 Å². The van der Waals surface area contributed by atoms with Gasteiger partial charge in [-0.2, -0.15) is 0 Å². The minimum Gasteiger partial charge on any atom is -0.397 e. The number of halogens is 3. The van der Waals surface area contributed by atoms with Crippen molar-refractivity contribution >= 4 is 60.2 Å². The van der Waals surface area contributed by atoms with E-state index in [4.69, 9.17) is 5.73 Å². The van der Waals surface area contributed by atoms with Gasteiger partial charge in [-0.15, -0.1) is 37.2 Å². The van der Waals surface area contributed by atoms with E-state index in [9.17, 15) is 4.79 Å². The summed E-state index contributed by atoms with van der Waals surface area (Å²) in [4.78, 5) is 14.9. The number of carbonyl (C=O) groups excluding carboxylic acids is 1. The number of rotatable bonds is 5. The summed E-state index contributed by atoms with van der Waals surface area (Å²) in [6.07, 6.45) is 1.14. The summed E-state index contributed by atoms with van der Waals surface area (Å²) in [6, 6.07) is 15.3. The highest BCUT2D eigenvalue weighted by molar-refractivity contribution is 6.05. The molecule has 2 aromatic carbocycles. The van der Waals surface area contributed by atoms with Crippen LogP contribution in [0.2, 0.25) is 0 Å². The fourth-order valence-electron chi connectivity index (χ4n) is 3.52. The molecule has 5 nitrogen and oxygen atoms in total. The van der Waals surface area contributed by atoms with Crippen LogP contribution in [-0.2, 0) is 0 Å². The Morgan fingerprint density at radius 2 is 1.70 bits per heavy atom. The molecule has 1 heterocycles. The molecule has 1 aliphatic rings. The van der Waals surface area contributed by atoms with Crippen molar-refractivity contribution in [3.63, 3.8) is 0 Å². The van der Waals surface area contributed by atoms with Gasteiger partial charge in [0.15, 0.2) is 0 Å². The first-order chi connectivity index (χ1) is 12.8. The van der Waals surface area contributed by atoms with E-state index >= 15 is 0 Å². The van der Waals surface area contributed by atoms with E-state index in [0.29, 0.717) is 28.4 Å². The molecule has 30 heavy (non-hydrogen) atoms. The topological polar surface area (TPSA) is 70.4 Å². The Bertz CT molecular complexity index is 794. The highest BCUT2D eigenvalue weighted by Gasteiger charge is 2.25. The lowest BCUT2D eigenvalue weighted by Crippen LogP contribution is -2.32. The zero-order chi connectivity index (χ0) is 19.4. The molecule has 2 aromatic rings. The Labute approximate surface area is 198 Å². The molecule has 4 N–H and O–H groups in total. The molecule has 1 atom stereocenters. The Kier molecular flexibility index (Phi) is 11.6. The number of benzene rings is 2. The van der Waals surface area contributed by atoms with Crippen molar-refractivity contribution < 1.29 is 4.79 Å². The molecule has 1 fully saturated rings. The first-order valence-electron chi connectivity index (χ1n) is 9.55. The smallest absolute Gasteiger partial charge is 0.255 e. The molecular formula is C22H33Cl3N4O. The fourth-order valence-corrected chi connectivity index (χ4v) is 3.52. The molecule has 0 bridgehead atoms. The van der Waals surface area contributed by atoms with Gasteiger partial charge < -0.3 is 21.3 Å². The van der Waals surface area contributed by atoms with Gasteiger partial charge in [0.25, 0.3) is 5.91 Å². The highest BCUT2D eigenvalue weighted by Crippen LogP contribution is 2.22. The van der Waals surface area contributed by atoms with Gasteiger partial charge in [0.05, 0.1) is 11.4 Å². The number of nitrogen functional groups attached to an aromatic ring is 1. The van der Waals surface area contributed by atoms with Crippen LogP contribution >= 0.6 is 37.2 Å². The molecule has 1 aliphatic heterocycles. The molecule has 0 unspecified atom stereocenters. The second-order valence-corrected chi connectivity index (χ2v) is 8.54. The quantitative estimate of drug-likeness (QED) is 0.512. The van der Waals surface area contributed by atoms with Crippen molar-refractivity contribution in [2.45, 2.75) is 33.2 Å². The van der Waals surface area contributed by atoms with Crippen LogP contribution in [0.25, 0.3) is 0 Å². The van der Waals surface area contributed by atoms with Crippen LogP contribution in [0.15, 0.2) is 48.5 Å². The highest BCUT2D eigenvalue weighted by atomic mass is 35.5. The maximum atomic E-state index is 12.4. The predicted molar refractivity (Wildman–Crippen MR) is 135 cm³/mol. The average molecular weight is 476 g/mol. The third-order valence-corrected chi connectivity index (χ3v) is 4.70. The Morgan fingerprint density at radius 1 is 1.07 bits per heavy atom. The number of anilines is 3. The maximum absolute atomic E-state index is 12.4. The van der Waals surface area contributed by atoms with Crippen LogP contribution in [0.1, 0.15) is 37.6 Å². The molecule has 0 saturated carbocycles. The van der Waals surface area contributed by atoms with Gasteiger partial charge in [0.2, 0.25) is 0 Å². The van der Waals surface area contributed by atoms with E-state index in [1.54, 1.807) is 12.1 Å². The number of hydrogen-bond donors (Lipinski definition) is 3. The Morgan fingerprint density at radius 3 is 2.30 bits per heavy atom. The summed E-state index contributed by atoms with van der Waals surface area (Å²) >= 11 is 0. The summed E-state index contributed by atoms with van der Waals surface area (Å²) < 4.78 is 0. The van der Waals surface area contributed by atoms with Gasteiger partial charge >= 0.3 is 0 Å². The number of nitrogens with two attached hydrogens (primary N) is 1. The van der Waals surface area contributed by atoms with Gasteiger partial charge in [0, 0.05) is 36.9 Å². The Hall–Kier alpha value is -1.66. The number of nitrogens with one attached hydrogen (secondary N) is 2. The van der Waals surface area contributed by atoms with Crippen LogP contribution in [0.4, 0.5) is 17.1 Å². The molecule has 168 valence electrons. The van der Waals surface area contributed by atoms with Crippen LogP contribution in [0.3, 0.4) is 0 Å². The number of hydrogen-bond acceptors (Lipinski definition) is 4. The van der Waals surface area contributed by atoms with Gasteiger partial charge in [-0.1, -0.05) is 32.9 Å². The fraction of sp³-hybridized carbons (Fsp3) is 0.409. The average Bonchev–Trinajstić information content (AvgIpc) is 3.02. The lowest BCUT2D eigenvalue weighted by atomic mass is 9.96. The summed E-state index contributed by atoms with van der Waals surface area (Å²) in [7, 11) is 0. The van der Waals surface area contributed by atoms with Gasteiger partial charge in [-0.05, 0) is 48.2 Å². The lowest BCUT2D eigenvalue weighted by Gasteiger charge is -2.26. The van der Waals surface area contributed by atoms with Gasteiger partial charge in [-0.3, -0.25) is 4.79 Å². The summed E-state index contributed by atoms with van der Waals surface area (Å²) in [5, 5.41) is 6.44.